The molecule has 112 valence electrons. The molecule has 0 amide bonds. The lowest BCUT2D eigenvalue weighted by Crippen LogP contribution is -1.88. The van der Waals surface area contributed by atoms with Crippen LogP contribution >= 0.6 is 0 Å². The Labute approximate surface area is 116 Å². The van der Waals surface area contributed by atoms with Crippen molar-refractivity contribution in [3.8, 4) is 0 Å². The van der Waals surface area contributed by atoms with Gasteiger partial charge in [-0.15, -0.1) is 0 Å². The summed E-state index contributed by atoms with van der Waals surface area (Å²) in [5.74, 6) is 1.66. The molecule has 2 heterocycles. The van der Waals surface area contributed by atoms with Crippen LogP contribution in [0.15, 0.2) is 27.3 Å². The summed E-state index contributed by atoms with van der Waals surface area (Å²) in [5, 5.41) is 0. The minimum Gasteiger partial charge on any atom is -0.396 e. The lowest BCUT2D eigenvalue weighted by molar-refractivity contribution is 0.364. The Morgan fingerprint density at radius 1 is 0.650 bits per heavy atom. The van der Waals surface area contributed by atoms with E-state index in [-0.39, 0.29) is 11.8 Å². The number of aryl methyl sites for hydroxylation is 2. The third-order valence-corrected chi connectivity index (χ3v) is 2.60. The van der Waals surface area contributed by atoms with Gasteiger partial charge in [-0.3, -0.25) is 0 Å². The molecule has 20 heavy (non-hydrogen) atoms. The molecule has 0 saturated heterocycles. The van der Waals surface area contributed by atoms with Gasteiger partial charge in [-0.25, -0.2) is 9.59 Å². The topological polar surface area (TPSA) is 86.7 Å². The first kappa shape index (κ1) is 16.1. The Morgan fingerprint density at radius 2 is 0.950 bits per heavy atom. The standard InChI is InChI=1S/2C7H10O3/c2*1-4(2)6-5(3)9-7(8)10-6/h2*4H,1-3H3. The molecular formula is C14H20O6. The SMILES string of the molecule is Cc1oc(=O)oc1C(C)C.Cc1oc(=O)oc1C(C)C. The molecule has 0 aliphatic carbocycles. The fraction of sp³-hybridized carbons (Fsp3) is 0.571. The molecule has 2 rings (SSSR count). The molecular weight excluding hydrogens is 264 g/mol. The molecule has 0 spiro atoms. The van der Waals surface area contributed by atoms with Crippen molar-refractivity contribution in [3.63, 3.8) is 0 Å². The van der Waals surface area contributed by atoms with Gasteiger partial charge in [0.1, 0.15) is 11.5 Å². The van der Waals surface area contributed by atoms with Crippen molar-refractivity contribution in [1.82, 2.24) is 0 Å². The van der Waals surface area contributed by atoms with E-state index in [1.54, 1.807) is 13.8 Å². The van der Waals surface area contributed by atoms with Gasteiger partial charge in [0.2, 0.25) is 0 Å². The summed E-state index contributed by atoms with van der Waals surface area (Å²) in [7, 11) is 0. The van der Waals surface area contributed by atoms with Gasteiger partial charge in [0, 0.05) is 11.8 Å². The van der Waals surface area contributed by atoms with Gasteiger partial charge < -0.3 is 17.7 Å². The van der Waals surface area contributed by atoms with E-state index in [2.05, 4.69) is 8.83 Å². The summed E-state index contributed by atoms with van der Waals surface area (Å²) in [4.78, 5) is 21.0. The zero-order valence-corrected chi connectivity index (χ0v) is 12.6. The summed E-state index contributed by atoms with van der Waals surface area (Å²) in [6, 6.07) is 0. The summed E-state index contributed by atoms with van der Waals surface area (Å²) in [6.45, 7) is 11.2. The Morgan fingerprint density at radius 3 is 1.05 bits per heavy atom. The average molecular weight is 284 g/mol. The van der Waals surface area contributed by atoms with Gasteiger partial charge in [0.15, 0.2) is 11.5 Å². The minimum absolute atomic E-state index is 0.214. The normalized spacial score (nSPS) is 10.8. The van der Waals surface area contributed by atoms with Crippen LogP contribution in [-0.2, 0) is 0 Å². The van der Waals surface area contributed by atoms with Crippen molar-refractivity contribution in [2.24, 2.45) is 0 Å². The second kappa shape index (κ2) is 6.45. The number of hydrogen-bond donors (Lipinski definition) is 0. The molecule has 0 aromatic carbocycles. The summed E-state index contributed by atoms with van der Waals surface area (Å²) < 4.78 is 18.8. The van der Waals surface area contributed by atoms with Crippen LogP contribution in [0.3, 0.4) is 0 Å². The van der Waals surface area contributed by atoms with Crippen molar-refractivity contribution in [2.75, 3.05) is 0 Å². The van der Waals surface area contributed by atoms with Crippen LogP contribution < -0.4 is 11.6 Å². The predicted octanol–water partition coefficient (Wildman–Crippen LogP) is 3.33. The average Bonchev–Trinajstić information content (AvgIpc) is 2.82. The first-order valence-corrected chi connectivity index (χ1v) is 6.43. The van der Waals surface area contributed by atoms with Crippen LogP contribution in [0.25, 0.3) is 0 Å². The van der Waals surface area contributed by atoms with Crippen LogP contribution in [0, 0.1) is 13.8 Å². The van der Waals surface area contributed by atoms with Crippen LogP contribution in [0.2, 0.25) is 0 Å². The highest BCUT2D eigenvalue weighted by Crippen LogP contribution is 2.16. The van der Waals surface area contributed by atoms with Gasteiger partial charge in [0.05, 0.1) is 0 Å². The maximum atomic E-state index is 10.5. The first-order chi connectivity index (χ1) is 9.22. The highest BCUT2D eigenvalue weighted by atomic mass is 16.6. The molecule has 0 unspecified atom stereocenters. The van der Waals surface area contributed by atoms with Crippen molar-refractivity contribution in [1.29, 1.82) is 0 Å². The van der Waals surface area contributed by atoms with Crippen LogP contribution in [0.4, 0.5) is 0 Å². The van der Waals surface area contributed by atoms with E-state index in [0.717, 1.165) is 0 Å². The Bertz CT molecular complexity index is 591. The van der Waals surface area contributed by atoms with Crippen LogP contribution in [0.1, 0.15) is 62.6 Å². The molecule has 0 saturated carbocycles. The minimum atomic E-state index is -0.610. The van der Waals surface area contributed by atoms with Crippen molar-refractivity contribution in [3.05, 3.63) is 44.3 Å². The molecule has 0 bridgehead atoms. The molecule has 0 N–H and O–H groups in total. The lowest BCUT2D eigenvalue weighted by atomic mass is 10.1. The lowest BCUT2D eigenvalue weighted by Gasteiger charge is -1.95. The zero-order valence-electron chi connectivity index (χ0n) is 12.6. The van der Waals surface area contributed by atoms with E-state index in [0.29, 0.717) is 23.0 Å². The summed E-state index contributed by atoms with van der Waals surface area (Å²) in [6.07, 6.45) is 0. The summed E-state index contributed by atoms with van der Waals surface area (Å²) in [5.41, 5.74) is 0. The highest BCUT2D eigenvalue weighted by molar-refractivity contribution is 5.05. The first-order valence-electron chi connectivity index (χ1n) is 6.43. The second-order valence-corrected chi connectivity index (χ2v) is 5.06. The van der Waals surface area contributed by atoms with Gasteiger partial charge in [0.25, 0.3) is 0 Å². The molecule has 0 aliphatic rings. The van der Waals surface area contributed by atoms with Crippen LogP contribution in [-0.4, -0.2) is 0 Å². The fourth-order valence-corrected chi connectivity index (χ4v) is 1.76. The molecule has 6 heteroatoms. The maximum Gasteiger partial charge on any atom is 0.519 e. The molecule has 0 atom stereocenters. The maximum absolute atomic E-state index is 10.5. The van der Waals surface area contributed by atoms with E-state index < -0.39 is 11.6 Å². The third-order valence-electron chi connectivity index (χ3n) is 2.60. The third kappa shape index (κ3) is 4.01. The fourth-order valence-electron chi connectivity index (χ4n) is 1.76. The van der Waals surface area contributed by atoms with E-state index in [4.69, 9.17) is 8.83 Å². The van der Waals surface area contributed by atoms with Gasteiger partial charge in [-0.2, -0.15) is 0 Å². The second-order valence-electron chi connectivity index (χ2n) is 5.06. The number of rotatable bonds is 2. The van der Waals surface area contributed by atoms with Crippen molar-refractivity contribution in [2.45, 2.75) is 53.4 Å². The van der Waals surface area contributed by atoms with Gasteiger partial charge >= 0.3 is 11.6 Å². The van der Waals surface area contributed by atoms with Crippen LogP contribution in [0.5, 0.6) is 0 Å². The quantitative estimate of drug-likeness (QED) is 0.840. The molecule has 0 radical (unpaired) electrons. The van der Waals surface area contributed by atoms with E-state index in [1.165, 1.54) is 0 Å². The Hall–Kier alpha value is -1.98. The van der Waals surface area contributed by atoms with Crippen molar-refractivity contribution >= 4 is 0 Å². The Balaban J connectivity index is 0.000000200. The molecule has 2 aromatic rings. The summed E-state index contributed by atoms with van der Waals surface area (Å²) >= 11 is 0. The van der Waals surface area contributed by atoms with E-state index in [9.17, 15) is 9.59 Å². The zero-order chi connectivity index (χ0) is 15.4. The largest absolute Gasteiger partial charge is 0.519 e. The monoisotopic (exact) mass is 284 g/mol. The Kier molecular flexibility index (Phi) is 5.19. The van der Waals surface area contributed by atoms with E-state index in [1.807, 2.05) is 27.7 Å². The molecule has 0 aliphatic heterocycles. The smallest absolute Gasteiger partial charge is 0.396 e. The molecule has 6 nitrogen and oxygen atoms in total. The van der Waals surface area contributed by atoms with E-state index >= 15 is 0 Å². The number of hydrogen-bond acceptors (Lipinski definition) is 6. The molecule has 0 fully saturated rings. The van der Waals surface area contributed by atoms with Gasteiger partial charge in [-0.05, 0) is 13.8 Å². The van der Waals surface area contributed by atoms with Gasteiger partial charge in [-0.1, -0.05) is 27.7 Å². The highest BCUT2D eigenvalue weighted by Gasteiger charge is 2.11. The van der Waals surface area contributed by atoms with Crippen molar-refractivity contribution < 1.29 is 17.7 Å². The predicted molar refractivity (Wildman–Crippen MR) is 72.1 cm³/mol. The molecule has 2 aromatic heterocycles.